The highest BCUT2D eigenvalue weighted by atomic mass is 79.9. The van der Waals surface area contributed by atoms with E-state index in [2.05, 4.69) is 40.2 Å². The van der Waals surface area contributed by atoms with Gasteiger partial charge in [0.2, 0.25) is 0 Å². The number of nitrogens with two attached hydrogens (primary N) is 1. The molecule has 90 valence electrons. The standard InChI is InChI=1S/C12H20BrN3/c1-3-4-9(2)7-12(16-14)11-6-5-10(13)8-15-11/h5-6,8-9,12,16H,3-4,7,14H2,1-2H3. The van der Waals surface area contributed by atoms with Gasteiger partial charge in [-0.1, -0.05) is 26.7 Å². The number of aromatic nitrogens is 1. The van der Waals surface area contributed by atoms with Crippen LogP contribution in [-0.2, 0) is 0 Å². The van der Waals surface area contributed by atoms with E-state index in [9.17, 15) is 0 Å². The van der Waals surface area contributed by atoms with E-state index >= 15 is 0 Å². The molecule has 0 saturated heterocycles. The lowest BCUT2D eigenvalue weighted by molar-refractivity contribution is 0.389. The minimum Gasteiger partial charge on any atom is -0.271 e. The molecule has 2 unspecified atom stereocenters. The van der Waals surface area contributed by atoms with Crippen molar-refractivity contribution in [1.82, 2.24) is 10.4 Å². The van der Waals surface area contributed by atoms with Gasteiger partial charge >= 0.3 is 0 Å². The largest absolute Gasteiger partial charge is 0.271 e. The van der Waals surface area contributed by atoms with Gasteiger partial charge in [0.15, 0.2) is 0 Å². The minimum absolute atomic E-state index is 0.148. The summed E-state index contributed by atoms with van der Waals surface area (Å²) in [6.45, 7) is 4.46. The third-order valence-corrected chi connectivity index (χ3v) is 3.20. The van der Waals surface area contributed by atoms with E-state index in [1.165, 1.54) is 12.8 Å². The molecule has 16 heavy (non-hydrogen) atoms. The Morgan fingerprint density at radius 1 is 1.50 bits per heavy atom. The van der Waals surface area contributed by atoms with Crippen LogP contribution in [-0.4, -0.2) is 4.98 Å². The van der Waals surface area contributed by atoms with E-state index in [0.717, 1.165) is 16.6 Å². The lowest BCUT2D eigenvalue weighted by atomic mass is 9.96. The molecule has 1 rings (SSSR count). The highest BCUT2D eigenvalue weighted by molar-refractivity contribution is 9.10. The molecule has 0 spiro atoms. The number of hydrazine groups is 1. The number of nitrogens with zero attached hydrogens (tertiary/aromatic N) is 1. The van der Waals surface area contributed by atoms with Crippen molar-refractivity contribution >= 4 is 15.9 Å². The molecule has 0 amide bonds. The van der Waals surface area contributed by atoms with Crippen LogP contribution in [0, 0.1) is 5.92 Å². The third kappa shape index (κ3) is 4.20. The molecule has 0 bridgehead atoms. The number of nitrogens with one attached hydrogen (secondary N) is 1. The average Bonchev–Trinajstić information content (AvgIpc) is 2.27. The fourth-order valence-corrected chi connectivity index (χ4v) is 2.12. The monoisotopic (exact) mass is 285 g/mol. The molecule has 1 aromatic rings. The fraction of sp³-hybridized carbons (Fsp3) is 0.583. The second-order valence-corrected chi connectivity index (χ2v) is 5.17. The van der Waals surface area contributed by atoms with Crippen LogP contribution < -0.4 is 11.3 Å². The fourth-order valence-electron chi connectivity index (χ4n) is 1.88. The van der Waals surface area contributed by atoms with Crippen LogP contribution in [0.25, 0.3) is 0 Å². The van der Waals surface area contributed by atoms with E-state index in [-0.39, 0.29) is 6.04 Å². The van der Waals surface area contributed by atoms with Gasteiger partial charge in [-0.05, 0) is 40.4 Å². The molecule has 0 fully saturated rings. The molecule has 0 aliphatic heterocycles. The summed E-state index contributed by atoms with van der Waals surface area (Å²) < 4.78 is 0.994. The summed E-state index contributed by atoms with van der Waals surface area (Å²) in [6.07, 6.45) is 5.28. The number of hydrogen-bond donors (Lipinski definition) is 2. The molecule has 1 heterocycles. The van der Waals surface area contributed by atoms with E-state index in [1.54, 1.807) is 0 Å². The van der Waals surface area contributed by atoms with Crippen molar-refractivity contribution in [2.75, 3.05) is 0 Å². The first-order valence-corrected chi connectivity index (χ1v) is 6.54. The summed E-state index contributed by atoms with van der Waals surface area (Å²) in [5, 5.41) is 0. The Bertz CT molecular complexity index is 300. The zero-order valence-electron chi connectivity index (χ0n) is 9.91. The summed E-state index contributed by atoms with van der Waals surface area (Å²) in [7, 11) is 0. The van der Waals surface area contributed by atoms with Gasteiger partial charge in [0.1, 0.15) is 0 Å². The predicted octanol–water partition coefficient (Wildman–Crippen LogP) is 3.17. The van der Waals surface area contributed by atoms with E-state index in [1.807, 2.05) is 18.3 Å². The molecule has 0 saturated carbocycles. The predicted molar refractivity (Wildman–Crippen MR) is 70.7 cm³/mol. The molecule has 3 nitrogen and oxygen atoms in total. The molecule has 4 heteroatoms. The topological polar surface area (TPSA) is 50.9 Å². The first-order valence-electron chi connectivity index (χ1n) is 5.75. The summed E-state index contributed by atoms with van der Waals surface area (Å²) in [5.41, 5.74) is 3.86. The summed E-state index contributed by atoms with van der Waals surface area (Å²) in [5.74, 6) is 6.25. The van der Waals surface area contributed by atoms with Crippen molar-refractivity contribution in [2.45, 2.75) is 39.2 Å². The Morgan fingerprint density at radius 2 is 2.25 bits per heavy atom. The average molecular weight is 286 g/mol. The van der Waals surface area contributed by atoms with Crippen LogP contribution in [0.1, 0.15) is 44.8 Å². The Balaban J connectivity index is 2.63. The Morgan fingerprint density at radius 3 is 2.75 bits per heavy atom. The minimum atomic E-state index is 0.148. The van der Waals surface area contributed by atoms with Crippen LogP contribution in [0.15, 0.2) is 22.8 Å². The maximum Gasteiger partial charge on any atom is 0.0634 e. The van der Waals surface area contributed by atoms with Crippen LogP contribution >= 0.6 is 15.9 Å². The zero-order valence-corrected chi connectivity index (χ0v) is 11.5. The van der Waals surface area contributed by atoms with Gasteiger partial charge in [-0.15, -0.1) is 0 Å². The molecule has 3 N–H and O–H groups in total. The molecular weight excluding hydrogens is 266 g/mol. The number of pyridine rings is 1. The maximum absolute atomic E-state index is 5.59. The molecule has 0 aromatic carbocycles. The normalized spacial score (nSPS) is 14.8. The Kier molecular flexibility index (Phi) is 5.95. The third-order valence-electron chi connectivity index (χ3n) is 2.73. The highest BCUT2D eigenvalue weighted by Gasteiger charge is 2.14. The van der Waals surface area contributed by atoms with Crippen molar-refractivity contribution in [1.29, 1.82) is 0 Å². The highest BCUT2D eigenvalue weighted by Crippen LogP contribution is 2.22. The van der Waals surface area contributed by atoms with Crippen molar-refractivity contribution in [2.24, 2.45) is 11.8 Å². The Hall–Kier alpha value is -0.450. The van der Waals surface area contributed by atoms with Crippen molar-refractivity contribution in [3.8, 4) is 0 Å². The summed E-state index contributed by atoms with van der Waals surface area (Å²) in [4.78, 5) is 4.37. The lowest BCUT2D eigenvalue weighted by Crippen LogP contribution is -2.30. The van der Waals surface area contributed by atoms with Gasteiger partial charge in [-0.2, -0.15) is 0 Å². The van der Waals surface area contributed by atoms with Gasteiger partial charge in [-0.3, -0.25) is 16.3 Å². The number of hydrogen-bond acceptors (Lipinski definition) is 3. The molecule has 0 aliphatic carbocycles. The smallest absolute Gasteiger partial charge is 0.0634 e. The van der Waals surface area contributed by atoms with Crippen molar-refractivity contribution < 1.29 is 0 Å². The second-order valence-electron chi connectivity index (χ2n) is 4.25. The van der Waals surface area contributed by atoms with E-state index in [0.29, 0.717) is 5.92 Å². The van der Waals surface area contributed by atoms with Gasteiger partial charge in [0, 0.05) is 10.7 Å². The molecule has 2 atom stereocenters. The SMILES string of the molecule is CCCC(C)CC(NN)c1ccc(Br)cn1. The van der Waals surface area contributed by atoms with Gasteiger partial charge in [0.05, 0.1) is 11.7 Å². The van der Waals surface area contributed by atoms with Crippen molar-refractivity contribution in [3.63, 3.8) is 0 Å². The molecule has 0 radical (unpaired) electrons. The first kappa shape index (κ1) is 13.6. The van der Waals surface area contributed by atoms with Gasteiger partial charge in [0.25, 0.3) is 0 Å². The number of rotatable bonds is 6. The number of halogens is 1. The van der Waals surface area contributed by atoms with Gasteiger partial charge in [-0.25, -0.2) is 0 Å². The zero-order chi connectivity index (χ0) is 12.0. The summed E-state index contributed by atoms with van der Waals surface area (Å²) >= 11 is 3.38. The molecular formula is C12H20BrN3. The van der Waals surface area contributed by atoms with Crippen LogP contribution in [0.3, 0.4) is 0 Å². The van der Waals surface area contributed by atoms with Gasteiger partial charge < -0.3 is 0 Å². The quantitative estimate of drug-likeness (QED) is 0.624. The Labute approximate surface area is 106 Å². The maximum atomic E-state index is 5.59. The summed E-state index contributed by atoms with van der Waals surface area (Å²) in [6, 6.07) is 4.15. The van der Waals surface area contributed by atoms with Crippen LogP contribution in [0.4, 0.5) is 0 Å². The van der Waals surface area contributed by atoms with Crippen LogP contribution in [0.2, 0.25) is 0 Å². The van der Waals surface area contributed by atoms with Crippen LogP contribution in [0.5, 0.6) is 0 Å². The first-order chi connectivity index (χ1) is 7.67. The lowest BCUT2D eigenvalue weighted by Gasteiger charge is -2.19. The molecule has 1 aromatic heterocycles. The second kappa shape index (κ2) is 6.99. The van der Waals surface area contributed by atoms with E-state index in [4.69, 9.17) is 5.84 Å². The molecule has 0 aliphatic rings. The van der Waals surface area contributed by atoms with E-state index < -0.39 is 0 Å². The van der Waals surface area contributed by atoms with Crippen molar-refractivity contribution in [3.05, 3.63) is 28.5 Å².